The number of halogens is 1. The average molecular weight is 318 g/mol. The Morgan fingerprint density at radius 3 is 2.86 bits per heavy atom. The van der Waals surface area contributed by atoms with Crippen molar-refractivity contribution in [3.05, 3.63) is 62.9 Å². The van der Waals surface area contributed by atoms with Crippen LogP contribution in [0.2, 0.25) is 5.02 Å². The summed E-state index contributed by atoms with van der Waals surface area (Å²) in [5.41, 5.74) is 2.23. The van der Waals surface area contributed by atoms with Gasteiger partial charge in [0.15, 0.2) is 0 Å². The van der Waals surface area contributed by atoms with Gasteiger partial charge in [0.25, 0.3) is 5.69 Å². The number of fused-ring (bicyclic) bond motifs is 1. The molecule has 0 unspecified atom stereocenters. The molecule has 0 atom stereocenters. The highest BCUT2D eigenvalue weighted by atomic mass is 35.5. The molecule has 0 radical (unpaired) electrons. The number of hydrogen-bond donors (Lipinski definition) is 1. The molecular weight excluding hydrogens is 306 g/mol. The molecule has 3 aromatic rings. The number of hydrogen-bond acceptors (Lipinski definition) is 4. The van der Waals surface area contributed by atoms with Gasteiger partial charge < -0.3 is 9.72 Å². The summed E-state index contributed by atoms with van der Waals surface area (Å²) in [6, 6.07) is 9.89. The van der Waals surface area contributed by atoms with E-state index in [1.807, 2.05) is 13.0 Å². The van der Waals surface area contributed by atoms with Gasteiger partial charge in [-0.2, -0.15) is 0 Å². The molecule has 0 aliphatic carbocycles. The first-order valence-corrected chi connectivity index (χ1v) is 6.93. The summed E-state index contributed by atoms with van der Waals surface area (Å²) in [6.07, 6.45) is 0. The molecule has 0 aliphatic rings. The van der Waals surface area contributed by atoms with E-state index in [-0.39, 0.29) is 12.3 Å². The minimum absolute atomic E-state index is 0.0249. The van der Waals surface area contributed by atoms with Crippen LogP contribution in [-0.2, 0) is 6.61 Å². The molecule has 0 saturated carbocycles. The molecule has 1 aromatic heterocycles. The number of imidazole rings is 1. The lowest BCUT2D eigenvalue weighted by atomic mass is 10.2. The molecule has 3 rings (SSSR count). The predicted molar refractivity (Wildman–Crippen MR) is 83.3 cm³/mol. The first-order chi connectivity index (χ1) is 10.5. The van der Waals surface area contributed by atoms with Crippen molar-refractivity contribution in [2.24, 2.45) is 0 Å². The van der Waals surface area contributed by atoms with Crippen molar-refractivity contribution in [2.75, 3.05) is 0 Å². The predicted octanol–water partition coefficient (Wildman–Crippen LogP) is 4.01. The van der Waals surface area contributed by atoms with E-state index in [1.165, 1.54) is 12.1 Å². The van der Waals surface area contributed by atoms with Gasteiger partial charge >= 0.3 is 0 Å². The lowest BCUT2D eigenvalue weighted by Crippen LogP contribution is -1.97. The molecule has 22 heavy (non-hydrogen) atoms. The van der Waals surface area contributed by atoms with E-state index in [2.05, 4.69) is 9.97 Å². The Morgan fingerprint density at radius 2 is 2.14 bits per heavy atom. The molecule has 112 valence electrons. The summed E-state index contributed by atoms with van der Waals surface area (Å²) in [4.78, 5) is 17.7. The second-order valence-corrected chi connectivity index (χ2v) is 5.25. The van der Waals surface area contributed by atoms with Crippen LogP contribution < -0.4 is 4.74 Å². The van der Waals surface area contributed by atoms with Gasteiger partial charge in [-0.05, 0) is 36.8 Å². The fourth-order valence-corrected chi connectivity index (χ4v) is 2.21. The van der Waals surface area contributed by atoms with Gasteiger partial charge in [0.2, 0.25) is 0 Å². The van der Waals surface area contributed by atoms with E-state index in [1.54, 1.807) is 18.2 Å². The summed E-state index contributed by atoms with van der Waals surface area (Å²) in [5, 5.41) is 11.4. The lowest BCUT2D eigenvalue weighted by molar-refractivity contribution is -0.384. The number of nitrogens with zero attached hydrogens (tertiary/aromatic N) is 2. The third-order valence-corrected chi connectivity index (χ3v) is 3.65. The van der Waals surface area contributed by atoms with Crippen LogP contribution in [0.4, 0.5) is 5.69 Å². The molecule has 0 aliphatic heterocycles. The van der Waals surface area contributed by atoms with Crippen molar-refractivity contribution in [1.29, 1.82) is 0 Å². The zero-order chi connectivity index (χ0) is 15.7. The van der Waals surface area contributed by atoms with Gasteiger partial charge in [-0.3, -0.25) is 10.1 Å². The Bertz CT molecular complexity index is 860. The van der Waals surface area contributed by atoms with Crippen LogP contribution in [0.1, 0.15) is 11.4 Å². The van der Waals surface area contributed by atoms with Crippen LogP contribution in [0.3, 0.4) is 0 Å². The molecule has 7 heteroatoms. The minimum atomic E-state index is -0.438. The maximum absolute atomic E-state index is 10.8. The van der Waals surface area contributed by atoms with Crippen molar-refractivity contribution in [1.82, 2.24) is 9.97 Å². The number of nitro benzene ring substituents is 1. The van der Waals surface area contributed by atoms with Gasteiger partial charge in [-0.15, -0.1) is 0 Å². The first kappa shape index (κ1) is 14.3. The fraction of sp³-hybridized carbons (Fsp3) is 0.133. The number of non-ortho nitro benzene ring substituents is 1. The van der Waals surface area contributed by atoms with E-state index in [0.717, 1.165) is 5.56 Å². The number of nitrogens with one attached hydrogen (secondary N) is 1. The lowest BCUT2D eigenvalue weighted by Gasteiger charge is -2.05. The van der Waals surface area contributed by atoms with Crippen LogP contribution >= 0.6 is 11.6 Å². The maximum atomic E-state index is 10.8. The highest BCUT2D eigenvalue weighted by Crippen LogP contribution is 2.22. The van der Waals surface area contributed by atoms with E-state index < -0.39 is 4.92 Å². The fourth-order valence-electron chi connectivity index (χ4n) is 2.09. The monoisotopic (exact) mass is 317 g/mol. The van der Waals surface area contributed by atoms with Crippen molar-refractivity contribution >= 4 is 28.3 Å². The van der Waals surface area contributed by atoms with Gasteiger partial charge in [-0.1, -0.05) is 11.6 Å². The van der Waals surface area contributed by atoms with E-state index >= 15 is 0 Å². The van der Waals surface area contributed by atoms with Crippen molar-refractivity contribution in [3.8, 4) is 5.75 Å². The summed E-state index contributed by atoms with van der Waals surface area (Å²) in [6.45, 7) is 2.14. The Labute approximate surface area is 130 Å². The largest absolute Gasteiger partial charge is 0.486 e. The van der Waals surface area contributed by atoms with Crippen LogP contribution in [0.25, 0.3) is 11.0 Å². The zero-order valence-electron chi connectivity index (χ0n) is 11.7. The number of nitro groups is 1. The quantitative estimate of drug-likeness (QED) is 0.582. The van der Waals surface area contributed by atoms with Crippen LogP contribution in [-0.4, -0.2) is 14.9 Å². The minimum Gasteiger partial charge on any atom is -0.486 e. The second-order valence-electron chi connectivity index (χ2n) is 4.84. The van der Waals surface area contributed by atoms with E-state index in [9.17, 15) is 10.1 Å². The van der Waals surface area contributed by atoms with Crippen LogP contribution in [0, 0.1) is 17.0 Å². The number of benzene rings is 2. The molecule has 1 N–H and O–H groups in total. The SMILES string of the molecule is Cc1cc(OCc2nc3ccc([N+](=O)[O-])cc3[nH]2)ccc1Cl. The molecule has 6 nitrogen and oxygen atoms in total. The maximum Gasteiger partial charge on any atom is 0.271 e. The number of H-pyrrole nitrogens is 1. The Morgan fingerprint density at radius 1 is 1.32 bits per heavy atom. The topological polar surface area (TPSA) is 81.1 Å². The third kappa shape index (κ3) is 2.87. The normalized spacial score (nSPS) is 10.8. The van der Waals surface area contributed by atoms with Crippen LogP contribution in [0.5, 0.6) is 5.75 Å². The van der Waals surface area contributed by atoms with E-state index in [0.29, 0.717) is 27.6 Å². The van der Waals surface area contributed by atoms with Gasteiger partial charge in [0.1, 0.15) is 18.2 Å². The van der Waals surface area contributed by atoms with Gasteiger partial charge in [0.05, 0.1) is 16.0 Å². The molecule has 2 aromatic carbocycles. The van der Waals surface area contributed by atoms with Crippen molar-refractivity contribution in [2.45, 2.75) is 13.5 Å². The van der Waals surface area contributed by atoms with Gasteiger partial charge in [-0.25, -0.2) is 4.98 Å². The molecule has 0 saturated heterocycles. The Kier molecular flexibility index (Phi) is 3.68. The molecule has 0 bridgehead atoms. The molecule has 0 fully saturated rings. The second kappa shape index (κ2) is 5.65. The standard InChI is InChI=1S/C15H12ClN3O3/c1-9-6-11(3-4-12(9)16)22-8-15-17-13-5-2-10(19(20)21)7-14(13)18-15/h2-7H,8H2,1H3,(H,17,18). The smallest absolute Gasteiger partial charge is 0.271 e. The number of aryl methyl sites for hydroxylation is 1. The number of aromatic amines is 1. The average Bonchev–Trinajstić information content (AvgIpc) is 2.90. The summed E-state index contributed by atoms with van der Waals surface area (Å²) in [5.74, 6) is 1.29. The van der Waals surface area contributed by atoms with Crippen LogP contribution in [0.15, 0.2) is 36.4 Å². The number of aromatic nitrogens is 2. The third-order valence-electron chi connectivity index (χ3n) is 3.23. The van der Waals surface area contributed by atoms with E-state index in [4.69, 9.17) is 16.3 Å². The number of rotatable bonds is 4. The van der Waals surface area contributed by atoms with Crippen molar-refractivity contribution in [3.63, 3.8) is 0 Å². The summed E-state index contributed by atoms with van der Waals surface area (Å²) >= 11 is 5.96. The Balaban J connectivity index is 1.79. The molecule has 1 heterocycles. The first-order valence-electron chi connectivity index (χ1n) is 6.55. The molecule has 0 amide bonds. The summed E-state index contributed by atoms with van der Waals surface area (Å²) in [7, 11) is 0. The van der Waals surface area contributed by atoms with Gasteiger partial charge in [0, 0.05) is 17.2 Å². The van der Waals surface area contributed by atoms with Crippen molar-refractivity contribution < 1.29 is 9.66 Å². The molecular formula is C15H12ClN3O3. The highest BCUT2D eigenvalue weighted by Gasteiger charge is 2.10. The Hall–Kier alpha value is -2.60. The molecule has 0 spiro atoms. The highest BCUT2D eigenvalue weighted by molar-refractivity contribution is 6.31. The zero-order valence-corrected chi connectivity index (χ0v) is 12.4. The number of ether oxygens (including phenoxy) is 1. The summed E-state index contributed by atoms with van der Waals surface area (Å²) < 4.78 is 5.65.